The fraction of sp³-hybridized carbons (Fsp3) is 0.320. The molecule has 0 spiro atoms. The van der Waals surface area contributed by atoms with Crippen LogP contribution in [0.15, 0.2) is 53.3 Å². The van der Waals surface area contributed by atoms with E-state index in [-0.39, 0.29) is 18.0 Å². The summed E-state index contributed by atoms with van der Waals surface area (Å²) in [6.07, 6.45) is 0.728. The van der Waals surface area contributed by atoms with Crippen LogP contribution >= 0.6 is 0 Å². The molecule has 166 valence electrons. The van der Waals surface area contributed by atoms with Crippen molar-refractivity contribution in [1.29, 1.82) is 0 Å². The van der Waals surface area contributed by atoms with Crippen molar-refractivity contribution < 1.29 is 9.53 Å². The molecule has 2 heterocycles. The summed E-state index contributed by atoms with van der Waals surface area (Å²) in [4.78, 5) is 33.6. The van der Waals surface area contributed by atoms with Crippen LogP contribution in [0.3, 0.4) is 0 Å². The number of nitrogens with one attached hydrogen (secondary N) is 1. The summed E-state index contributed by atoms with van der Waals surface area (Å²) in [6, 6.07) is 15.1. The summed E-state index contributed by atoms with van der Waals surface area (Å²) < 4.78 is 6.86. The molecule has 1 aromatic heterocycles. The van der Waals surface area contributed by atoms with Crippen molar-refractivity contribution in [3.8, 4) is 17.1 Å². The van der Waals surface area contributed by atoms with Crippen LogP contribution in [0, 0.1) is 6.92 Å². The quantitative estimate of drug-likeness (QED) is 0.647. The van der Waals surface area contributed by atoms with Gasteiger partial charge in [0.2, 0.25) is 5.91 Å². The number of benzene rings is 2. The van der Waals surface area contributed by atoms with Gasteiger partial charge in [0.1, 0.15) is 18.1 Å². The molecule has 0 fully saturated rings. The molecule has 0 aliphatic carbocycles. The molecular weight excluding hydrogens is 404 g/mol. The molecule has 0 unspecified atom stereocenters. The predicted octanol–water partition coefficient (Wildman–Crippen LogP) is 3.24. The smallest absolute Gasteiger partial charge is 0.259 e. The van der Waals surface area contributed by atoms with Crippen molar-refractivity contribution in [2.45, 2.75) is 33.4 Å². The first-order valence-corrected chi connectivity index (χ1v) is 10.8. The fourth-order valence-electron chi connectivity index (χ4n) is 4.05. The topological polar surface area (TPSA) is 76.5 Å². The van der Waals surface area contributed by atoms with Crippen LogP contribution in [0.5, 0.6) is 5.75 Å². The number of hydrogen-bond donors (Lipinski definition) is 1. The van der Waals surface area contributed by atoms with Gasteiger partial charge in [0.05, 0.1) is 24.1 Å². The second-order valence-corrected chi connectivity index (χ2v) is 7.99. The maximum Gasteiger partial charge on any atom is 0.259 e. The Balaban J connectivity index is 1.73. The normalized spacial score (nSPS) is 13.5. The van der Waals surface area contributed by atoms with Gasteiger partial charge in [-0.3, -0.25) is 19.1 Å². The molecule has 0 radical (unpaired) electrons. The van der Waals surface area contributed by atoms with Crippen molar-refractivity contribution >= 4 is 11.6 Å². The first-order valence-electron chi connectivity index (χ1n) is 10.8. The summed E-state index contributed by atoms with van der Waals surface area (Å²) >= 11 is 0. The molecule has 7 heteroatoms. The van der Waals surface area contributed by atoms with Crippen molar-refractivity contribution in [3.63, 3.8) is 0 Å². The molecule has 4 rings (SSSR count). The molecule has 0 saturated heterocycles. The average Bonchev–Trinajstić information content (AvgIpc) is 2.81. The molecule has 1 aliphatic heterocycles. The van der Waals surface area contributed by atoms with E-state index < -0.39 is 0 Å². The van der Waals surface area contributed by atoms with Gasteiger partial charge in [0.25, 0.3) is 5.56 Å². The highest BCUT2D eigenvalue weighted by atomic mass is 16.5. The zero-order chi connectivity index (χ0) is 22.7. The number of rotatable bonds is 6. The third-order valence-electron chi connectivity index (χ3n) is 5.80. The summed E-state index contributed by atoms with van der Waals surface area (Å²) in [7, 11) is 1.56. The number of methoxy groups -OCH3 is 1. The maximum atomic E-state index is 13.5. The maximum absolute atomic E-state index is 13.5. The highest BCUT2D eigenvalue weighted by molar-refractivity contribution is 5.92. The largest absolute Gasteiger partial charge is 0.495 e. The van der Waals surface area contributed by atoms with Gasteiger partial charge in [-0.25, -0.2) is 4.98 Å². The highest BCUT2D eigenvalue weighted by Gasteiger charge is 2.24. The molecule has 0 bridgehead atoms. The van der Waals surface area contributed by atoms with E-state index in [0.29, 0.717) is 29.4 Å². The molecule has 7 nitrogen and oxygen atoms in total. The molecule has 0 saturated carbocycles. The van der Waals surface area contributed by atoms with Gasteiger partial charge in [0, 0.05) is 25.1 Å². The standard InChI is InChI=1S/C25H28N4O3/c1-4-28-13-12-20-19(15-28)25(31)29(24(27-20)18-8-6-5-7-9-18)16-23(30)26-21-14-17(2)10-11-22(21)32-3/h5-11,14H,4,12-13,15-16H2,1-3H3,(H,26,30). The molecule has 2 aromatic carbocycles. The highest BCUT2D eigenvalue weighted by Crippen LogP contribution is 2.26. The van der Waals surface area contributed by atoms with Gasteiger partial charge < -0.3 is 10.1 Å². The number of aryl methyl sites for hydroxylation is 1. The Hall–Kier alpha value is -3.45. The number of likely N-dealkylation sites (N-methyl/N-ethyl adjacent to an activating group) is 1. The molecule has 3 aromatic rings. The van der Waals surface area contributed by atoms with E-state index in [1.807, 2.05) is 55.5 Å². The van der Waals surface area contributed by atoms with E-state index in [9.17, 15) is 9.59 Å². The van der Waals surface area contributed by atoms with E-state index in [1.165, 1.54) is 4.57 Å². The Morgan fingerprint density at radius 2 is 1.97 bits per heavy atom. The Morgan fingerprint density at radius 1 is 1.19 bits per heavy atom. The number of aromatic nitrogens is 2. The summed E-state index contributed by atoms with van der Waals surface area (Å²) in [5.41, 5.74) is 3.74. The van der Waals surface area contributed by atoms with Crippen molar-refractivity contribution in [1.82, 2.24) is 14.5 Å². The second kappa shape index (κ2) is 9.36. The Kier molecular flexibility index (Phi) is 6.37. The Bertz CT molecular complexity index is 1190. The van der Waals surface area contributed by atoms with Gasteiger partial charge in [-0.05, 0) is 31.2 Å². The first kappa shape index (κ1) is 21.8. The van der Waals surface area contributed by atoms with Crippen LogP contribution in [-0.2, 0) is 24.3 Å². The van der Waals surface area contributed by atoms with Crippen molar-refractivity contribution in [2.24, 2.45) is 0 Å². The summed E-state index contributed by atoms with van der Waals surface area (Å²) in [6.45, 7) is 6.19. The van der Waals surface area contributed by atoms with Gasteiger partial charge in [-0.15, -0.1) is 0 Å². The van der Waals surface area contributed by atoms with Gasteiger partial charge in [-0.2, -0.15) is 0 Å². The van der Waals surface area contributed by atoms with E-state index in [4.69, 9.17) is 9.72 Å². The number of hydrogen-bond acceptors (Lipinski definition) is 5. The molecular formula is C25H28N4O3. The Morgan fingerprint density at radius 3 is 2.69 bits per heavy atom. The monoisotopic (exact) mass is 432 g/mol. The molecule has 0 atom stereocenters. The zero-order valence-corrected chi connectivity index (χ0v) is 18.7. The van der Waals surface area contributed by atoms with Crippen LogP contribution in [0.1, 0.15) is 23.7 Å². The average molecular weight is 433 g/mol. The molecule has 1 amide bonds. The lowest BCUT2D eigenvalue weighted by molar-refractivity contribution is -0.116. The number of ether oxygens (including phenoxy) is 1. The number of carbonyl (C=O) groups is 1. The number of nitrogens with zero attached hydrogens (tertiary/aromatic N) is 3. The lowest BCUT2D eigenvalue weighted by Gasteiger charge is -2.27. The van der Waals surface area contributed by atoms with Crippen LogP contribution in [0.25, 0.3) is 11.4 Å². The van der Waals surface area contributed by atoms with Gasteiger partial charge >= 0.3 is 0 Å². The van der Waals surface area contributed by atoms with Crippen LogP contribution in [0.2, 0.25) is 0 Å². The number of carbonyl (C=O) groups excluding carboxylic acids is 1. The lowest BCUT2D eigenvalue weighted by atomic mass is 10.1. The Labute approximate surface area is 187 Å². The van der Waals surface area contributed by atoms with Gasteiger partial charge in [0.15, 0.2) is 0 Å². The summed E-state index contributed by atoms with van der Waals surface area (Å²) in [5.74, 6) is 0.783. The van der Waals surface area contributed by atoms with Crippen LogP contribution in [-0.4, -0.2) is 40.6 Å². The van der Waals surface area contributed by atoms with Gasteiger partial charge in [-0.1, -0.05) is 43.3 Å². The van der Waals surface area contributed by atoms with Crippen LogP contribution in [0.4, 0.5) is 5.69 Å². The minimum Gasteiger partial charge on any atom is -0.495 e. The molecule has 1 N–H and O–H groups in total. The lowest BCUT2D eigenvalue weighted by Crippen LogP contribution is -2.39. The van der Waals surface area contributed by atoms with E-state index in [0.717, 1.165) is 36.3 Å². The minimum absolute atomic E-state index is 0.132. The summed E-state index contributed by atoms with van der Waals surface area (Å²) in [5, 5.41) is 2.89. The van der Waals surface area contributed by atoms with Crippen LogP contribution < -0.4 is 15.6 Å². The van der Waals surface area contributed by atoms with E-state index >= 15 is 0 Å². The third kappa shape index (κ3) is 4.43. The van der Waals surface area contributed by atoms with E-state index in [2.05, 4.69) is 17.1 Å². The first-order chi connectivity index (χ1) is 15.5. The molecule has 1 aliphatic rings. The van der Waals surface area contributed by atoms with Crippen molar-refractivity contribution in [3.05, 3.63) is 75.7 Å². The second-order valence-electron chi connectivity index (χ2n) is 7.99. The number of fused-ring (bicyclic) bond motifs is 1. The van der Waals surface area contributed by atoms with E-state index in [1.54, 1.807) is 7.11 Å². The van der Waals surface area contributed by atoms with Crippen molar-refractivity contribution in [2.75, 3.05) is 25.5 Å². The number of anilines is 1. The minimum atomic E-state index is -0.307. The molecule has 32 heavy (non-hydrogen) atoms. The predicted molar refractivity (Wildman–Crippen MR) is 125 cm³/mol. The third-order valence-corrected chi connectivity index (χ3v) is 5.80. The number of amides is 1. The fourth-order valence-corrected chi connectivity index (χ4v) is 4.05. The SMILES string of the molecule is CCN1CCc2nc(-c3ccccc3)n(CC(=O)Nc3cc(C)ccc3OC)c(=O)c2C1. The zero-order valence-electron chi connectivity index (χ0n) is 18.7.